The minimum atomic E-state index is 0.718. The second-order valence-corrected chi connectivity index (χ2v) is 7.88. The van der Waals surface area contributed by atoms with Gasteiger partial charge < -0.3 is 0 Å². The Balaban J connectivity index is 2.21. The van der Waals surface area contributed by atoms with Gasteiger partial charge in [-0.05, 0) is 51.1 Å². The average molecular weight is 333 g/mol. The molecule has 23 heavy (non-hydrogen) atoms. The van der Waals surface area contributed by atoms with Crippen molar-refractivity contribution in [2.75, 3.05) is 0 Å². The molecule has 5 rings (SSSR count). The molecule has 1 atom stereocenters. The molecule has 0 fully saturated rings. The lowest BCUT2D eigenvalue weighted by Crippen LogP contribution is -1.82. The SMILES string of the molecule is Cc1ccc2c3cc(Cl)ccc3c3[pH]c4ccccc4c3c2c1. The second-order valence-electron chi connectivity index (χ2n) is 6.16. The van der Waals surface area contributed by atoms with Crippen LogP contribution in [0.15, 0.2) is 60.7 Å². The molecule has 1 heterocycles. The maximum absolute atomic E-state index is 6.29. The molecule has 0 amide bonds. The summed E-state index contributed by atoms with van der Waals surface area (Å²) in [4.78, 5) is 0. The van der Waals surface area contributed by atoms with Crippen LogP contribution in [0.1, 0.15) is 5.56 Å². The number of hydrogen-bond donors (Lipinski definition) is 0. The van der Waals surface area contributed by atoms with E-state index in [4.69, 9.17) is 11.6 Å². The van der Waals surface area contributed by atoms with Gasteiger partial charge in [-0.25, -0.2) is 0 Å². The van der Waals surface area contributed by atoms with Crippen molar-refractivity contribution in [2.45, 2.75) is 6.92 Å². The lowest BCUT2D eigenvalue weighted by atomic mass is 9.96. The van der Waals surface area contributed by atoms with E-state index in [9.17, 15) is 0 Å². The fourth-order valence-electron chi connectivity index (χ4n) is 3.68. The molecule has 1 aromatic heterocycles. The maximum Gasteiger partial charge on any atom is 0.0412 e. The van der Waals surface area contributed by atoms with Crippen molar-refractivity contribution in [1.82, 2.24) is 0 Å². The van der Waals surface area contributed by atoms with Crippen molar-refractivity contribution in [3.8, 4) is 0 Å². The highest BCUT2D eigenvalue weighted by atomic mass is 35.5. The third-order valence-corrected chi connectivity index (χ3v) is 6.40. The Hall–Kier alpha value is -2.01. The zero-order valence-corrected chi connectivity index (χ0v) is 14.4. The third kappa shape index (κ3) is 1.86. The van der Waals surface area contributed by atoms with Crippen molar-refractivity contribution in [1.29, 1.82) is 0 Å². The van der Waals surface area contributed by atoms with Gasteiger partial charge in [-0.2, -0.15) is 0 Å². The molecule has 0 N–H and O–H groups in total. The van der Waals surface area contributed by atoms with E-state index in [1.54, 1.807) is 0 Å². The summed E-state index contributed by atoms with van der Waals surface area (Å²) >= 11 is 6.29. The van der Waals surface area contributed by atoms with Gasteiger partial charge in [0.25, 0.3) is 0 Å². The van der Waals surface area contributed by atoms with Crippen LogP contribution in [0.3, 0.4) is 0 Å². The van der Waals surface area contributed by atoms with E-state index in [0.29, 0.717) is 0 Å². The first-order valence-electron chi connectivity index (χ1n) is 7.74. The molecule has 0 radical (unpaired) electrons. The van der Waals surface area contributed by atoms with Crippen molar-refractivity contribution < 1.29 is 0 Å². The molecule has 0 saturated carbocycles. The maximum atomic E-state index is 6.29. The first-order valence-corrected chi connectivity index (χ1v) is 9.12. The summed E-state index contributed by atoms with van der Waals surface area (Å²) < 4.78 is 0. The molecule has 0 aliphatic rings. The van der Waals surface area contributed by atoms with E-state index < -0.39 is 0 Å². The molecule has 110 valence electrons. The van der Waals surface area contributed by atoms with E-state index in [1.165, 1.54) is 48.1 Å². The molecule has 0 spiro atoms. The Morgan fingerprint density at radius 1 is 0.739 bits per heavy atom. The van der Waals surface area contributed by atoms with Crippen LogP contribution in [-0.4, -0.2) is 0 Å². The van der Waals surface area contributed by atoms with Crippen molar-refractivity contribution >= 4 is 62.3 Å². The number of rotatable bonds is 0. The summed E-state index contributed by atoms with van der Waals surface area (Å²) in [5.74, 6) is 0. The number of halogens is 1. The Kier molecular flexibility index (Phi) is 2.77. The largest absolute Gasteiger partial charge is 0.123 e. The van der Waals surface area contributed by atoms with E-state index in [1.807, 2.05) is 6.07 Å². The molecule has 5 aromatic rings. The molecular weight excluding hydrogens is 319 g/mol. The fourth-order valence-corrected chi connectivity index (χ4v) is 5.39. The quantitative estimate of drug-likeness (QED) is 0.261. The predicted molar refractivity (Wildman–Crippen MR) is 106 cm³/mol. The van der Waals surface area contributed by atoms with Crippen LogP contribution in [-0.2, 0) is 0 Å². The van der Waals surface area contributed by atoms with Gasteiger partial charge in [0.05, 0.1) is 0 Å². The van der Waals surface area contributed by atoms with Crippen LogP contribution in [0.4, 0.5) is 0 Å². The molecule has 0 aliphatic heterocycles. The number of benzene rings is 4. The Morgan fingerprint density at radius 2 is 1.57 bits per heavy atom. The molecule has 4 aromatic carbocycles. The monoisotopic (exact) mass is 332 g/mol. The summed E-state index contributed by atoms with van der Waals surface area (Å²) in [5.41, 5.74) is 1.30. The van der Waals surface area contributed by atoms with E-state index in [-0.39, 0.29) is 0 Å². The van der Waals surface area contributed by atoms with Gasteiger partial charge in [0.15, 0.2) is 0 Å². The lowest BCUT2D eigenvalue weighted by Gasteiger charge is -2.09. The van der Waals surface area contributed by atoms with Gasteiger partial charge in [-0.3, -0.25) is 0 Å². The zero-order valence-electron chi connectivity index (χ0n) is 12.7. The standard InChI is InChI=1S/C21H14ClP/c1-12-6-8-14-17-11-13(22)7-9-15(17)21-20(18(14)10-12)16-4-2-3-5-19(16)23-21/h2-11,23H,1H3. The van der Waals surface area contributed by atoms with Gasteiger partial charge in [0.2, 0.25) is 0 Å². The van der Waals surface area contributed by atoms with Crippen LogP contribution in [0.5, 0.6) is 0 Å². The Labute approximate surface area is 140 Å². The summed E-state index contributed by atoms with van der Waals surface area (Å²) in [6.45, 7) is 2.16. The summed E-state index contributed by atoms with van der Waals surface area (Å²) in [5, 5.41) is 11.8. The second kappa shape index (κ2) is 4.74. The van der Waals surface area contributed by atoms with Crippen LogP contribution in [0.25, 0.3) is 42.6 Å². The topological polar surface area (TPSA) is 0 Å². The van der Waals surface area contributed by atoms with E-state index >= 15 is 0 Å². The summed E-state index contributed by atoms with van der Waals surface area (Å²) in [7, 11) is 0.718. The smallest absolute Gasteiger partial charge is 0.0412 e. The molecule has 0 nitrogen and oxygen atoms in total. The molecule has 0 saturated heterocycles. The van der Waals surface area contributed by atoms with Crippen LogP contribution in [0, 0.1) is 6.92 Å². The number of hydrogen-bond acceptors (Lipinski definition) is 0. The van der Waals surface area contributed by atoms with Crippen LogP contribution >= 0.6 is 19.8 Å². The number of aryl methyl sites for hydroxylation is 1. The van der Waals surface area contributed by atoms with Gasteiger partial charge in [-0.1, -0.05) is 65.7 Å². The average Bonchev–Trinajstić information content (AvgIpc) is 2.94. The van der Waals surface area contributed by atoms with Crippen molar-refractivity contribution in [3.05, 3.63) is 71.2 Å². The molecule has 1 unspecified atom stereocenters. The van der Waals surface area contributed by atoms with Crippen LogP contribution < -0.4 is 0 Å². The molecule has 0 bridgehead atoms. The third-order valence-electron chi connectivity index (χ3n) is 4.69. The minimum Gasteiger partial charge on any atom is -0.123 e. The van der Waals surface area contributed by atoms with E-state index in [2.05, 4.69) is 61.5 Å². The van der Waals surface area contributed by atoms with Crippen molar-refractivity contribution in [3.63, 3.8) is 0 Å². The summed E-state index contributed by atoms with van der Waals surface area (Å²) in [6.07, 6.45) is 0. The van der Waals surface area contributed by atoms with Gasteiger partial charge in [0.1, 0.15) is 0 Å². The summed E-state index contributed by atoms with van der Waals surface area (Å²) in [6, 6.07) is 21.9. The zero-order chi connectivity index (χ0) is 15.6. The molecule has 2 heteroatoms. The van der Waals surface area contributed by atoms with Crippen molar-refractivity contribution in [2.24, 2.45) is 0 Å². The first-order chi connectivity index (χ1) is 11.2. The minimum absolute atomic E-state index is 0.718. The fraction of sp³-hybridized carbons (Fsp3) is 0.0476. The number of fused-ring (bicyclic) bond motifs is 8. The highest BCUT2D eigenvalue weighted by molar-refractivity contribution is 7.44. The first kappa shape index (κ1) is 13.4. The van der Waals surface area contributed by atoms with Gasteiger partial charge in [0, 0.05) is 15.5 Å². The van der Waals surface area contributed by atoms with Gasteiger partial charge in [-0.15, -0.1) is 8.19 Å². The highest BCUT2D eigenvalue weighted by Crippen LogP contribution is 2.46. The predicted octanol–water partition coefficient (Wildman–Crippen LogP) is 7.29. The van der Waals surface area contributed by atoms with Gasteiger partial charge >= 0.3 is 0 Å². The molecule has 0 aliphatic carbocycles. The Bertz CT molecular complexity index is 1230. The van der Waals surface area contributed by atoms with Crippen LogP contribution in [0.2, 0.25) is 5.02 Å². The molecular formula is C21H14ClP. The Morgan fingerprint density at radius 3 is 2.48 bits per heavy atom. The lowest BCUT2D eigenvalue weighted by molar-refractivity contribution is 1.51. The highest BCUT2D eigenvalue weighted by Gasteiger charge is 2.13. The normalized spacial score (nSPS) is 12.3. The van der Waals surface area contributed by atoms with E-state index in [0.717, 1.165) is 13.2 Å².